The average Bonchev–Trinajstić information content (AvgIpc) is 2.89. The smallest absolute Gasteiger partial charge is 0.210 e. The molecule has 4 nitrogen and oxygen atoms in total. The van der Waals surface area contributed by atoms with E-state index >= 15 is 0 Å². The van der Waals surface area contributed by atoms with E-state index in [2.05, 4.69) is 34.6 Å². The third-order valence-electron chi connectivity index (χ3n) is 3.00. The molecule has 1 fully saturated rings. The van der Waals surface area contributed by atoms with Crippen molar-refractivity contribution in [2.75, 3.05) is 6.54 Å². The molecule has 4 heteroatoms. The van der Waals surface area contributed by atoms with Gasteiger partial charge in [-0.05, 0) is 25.2 Å². The Hall–Kier alpha value is -0.900. The Balaban J connectivity index is -0.000000242. The number of carbonyl (C=O) groups is 2. The molecule has 1 rings (SSSR count). The number of amides is 1. The largest absolute Gasteiger partial charge is 0.336 e. The van der Waals surface area contributed by atoms with Crippen LogP contribution < -0.4 is 5.73 Å². The highest BCUT2D eigenvalue weighted by Crippen LogP contribution is 2.15. The fraction of sp³-hybridized carbons (Fsp3) is 0.882. The number of carbonyl (C=O) groups excluding carboxylic acids is 2. The van der Waals surface area contributed by atoms with Crippen LogP contribution in [0.3, 0.4) is 0 Å². The van der Waals surface area contributed by atoms with E-state index < -0.39 is 0 Å². The molecule has 0 aromatic carbocycles. The molecule has 1 aliphatic rings. The van der Waals surface area contributed by atoms with E-state index in [0.29, 0.717) is 6.04 Å². The lowest BCUT2D eigenvalue weighted by Gasteiger charge is -2.22. The third kappa shape index (κ3) is 15.3. The molecule has 0 spiro atoms. The summed E-state index contributed by atoms with van der Waals surface area (Å²) in [5, 5.41) is 0. The third-order valence-corrected chi connectivity index (χ3v) is 3.00. The molecule has 1 amide bonds. The molecule has 2 atom stereocenters. The van der Waals surface area contributed by atoms with Gasteiger partial charge in [0, 0.05) is 12.6 Å². The van der Waals surface area contributed by atoms with E-state index in [1.165, 1.54) is 11.3 Å². The van der Waals surface area contributed by atoms with Crippen molar-refractivity contribution >= 4 is 12.7 Å². The van der Waals surface area contributed by atoms with Crippen molar-refractivity contribution in [3.63, 3.8) is 0 Å². The van der Waals surface area contributed by atoms with Gasteiger partial charge in [0.05, 0.1) is 6.04 Å². The minimum Gasteiger partial charge on any atom is -0.336 e. The van der Waals surface area contributed by atoms with Crippen LogP contribution in [0.1, 0.15) is 74.7 Å². The zero-order valence-corrected chi connectivity index (χ0v) is 15.5. The maximum atomic E-state index is 10.2. The second-order valence-electron chi connectivity index (χ2n) is 6.05. The van der Waals surface area contributed by atoms with Crippen molar-refractivity contribution in [1.82, 2.24) is 4.90 Å². The lowest BCUT2D eigenvalue weighted by Crippen LogP contribution is -2.31. The van der Waals surface area contributed by atoms with Crippen molar-refractivity contribution in [3.8, 4) is 0 Å². The first-order valence-electron chi connectivity index (χ1n) is 8.16. The van der Waals surface area contributed by atoms with E-state index in [9.17, 15) is 9.59 Å². The van der Waals surface area contributed by atoms with E-state index in [1.54, 1.807) is 0 Å². The molecule has 21 heavy (non-hydrogen) atoms. The highest BCUT2D eigenvalue weighted by molar-refractivity contribution is 5.64. The molecule has 2 unspecified atom stereocenters. The van der Waals surface area contributed by atoms with Crippen LogP contribution in [-0.4, -0.2) is 36.2 Å². The first kappa shape index (κ1) is 25.1. The van der Waals surface area contributed by atoms with Crippen molar-refractivity contribution in [2.24, 2.45) is 11.1 Å². The van der Waals surface area contributed by atoms with E-state index in [1.807, 2.05) is 20.8 Å². The minimum atomic E-state index is -0.137. The lowest BCUT2D eigenvalue weighted by atomic mass is 9.89. The molecule has 0 aromatic rings. The topological polar surface area (TPSA) is 63.4 Å². The number of rotatable bonds is 2. The van der Waals surface area contributed by atoms with Crippen molar-refractivity contribution in [3.05, 3.63) is 0 Å². The summed E-state index contributed by atoms with van der Waals surface area (Å²) in [6, 6.07) is 0.162. The van der Waals surface area contributed by atoms with Crippen LogP contribution in [-0.2, 0) is 9.59 Å². The Bertz CT molecular complexity index is 221. The summed E-state index contributed by atoms with van der Waals surface area (Å²) < 4.78 is 0. The fourth-order valence-electron chi connectivity index (χ4n) is 1.09. The fourth-order valence-corrected chi connectivity index (χ4v) is 1.09. The standard InChI is InChI=1S/C6H9NO2.C6H15N.C3H8.C2H6/c8-4-6-2-1-3-7(6)5-9;1-5(7)6(2,3)4;1-3-2;1-2/h4-6H,1-3H2;5H,7H2,1-4H3;3H2,1-2H3;1-2H3. The van der Waals surface area contributed by atoms with Crippen LogP contribution in [0.15, 0.2) is 0 Å². The highest BCUT2D eigenvalue weighted by atomic mass is 16.1. The number of likely N-dealkylation sites (tertiary alicyclic amines) is 1. The van der Waals surface area contributed by atoms with Gasteiger partial charge < -0.3 is 15.4 Å². The van der Waals surface area contributed by atoms with Crippen LogP contribution in [0.5, 0.6) is 0 Å². The van der Waals surface area contributed by atoms with Gasteiger partial charge in [0.25, 0.3) is 0 Å². The molecule has 1 heterocycles. The van der Waals surface area contributed by atoms with Gasteiger partial charge in [-0.2, -0.15) is 0 Å². The maximum absolute atomic E-state index is 10.2. The van der Waals surface area contributed by atoms with Gasteiger partial charge in [-0.1, -0.05) is 54.9 Å². The second-order valence-corrected chi connectivity index (χ2v) is 6.05. The highest BCUT2D eigenvalue weighted by Gasteiger charge is 2.21. The zero-order valence-electron chi connectivity index (χ0n) is 15.5. The van der Waals surface area contributed by atoms with Gasteiger partial charge in [-0.3, -0.25) is 4.79 Å². The summed E-state index contributed by atoms with van der Waals surface area (Å²) in [5.74, 6) is 0. The molecule has 0 saturated carbocycles. The summed E-state index contributed by atoms with van der Waals surface area (Å²) in [6.07, 6.45) is 4.62. The molecule has 0 bridgehead atoms. The molecule has 0 aliphatic carbocycles. The predicted octanol–water partition coefficient (Wildman–Crippen LogP) is 3.63. The quantitative estimate of drug-likeness (QED) is 0.792. The van der Waals surface area contributed by atoms with Gasteiger partial charge in [0.1, 0.15) is 6.29 Å². The average molecular weight is 303 g/mol. The lowest BCUT2D eigenvalue weighted by molar-refractivity contribution is -0.123. The van der Waals surface area contributed by atoms with Crippen molar-refractivity contribution in [1.29, 1.82) is 0 Å². The molecular weight excluding hydrogens is 264 g/mol. The summed E-state index contributed by atoms with van der Waals surface area (Å²) in [5.41, 5.74) is 5.85. The van der Waals surface area contributed by atoms with Gasteiger partial charge in [0.2, 0.25) is 6.41 Å². The van der Waals surface area contributed by atoms with Gasteiger partial charge in [-0.15, -0.1) is 0 Å². The molecule has 0 aromatic heterocycles. The Morgan fingerprint density at radius 1 is 1.24 bits per heavy atom. The van der Waals surface area contributed by atoms with Gasteiger partial charge in [-0.25, -0.2) is 0 Å². The Labute approximate surface area is 132 Å². The normalized spacial score (nSPS) is 18.0. The van der Waals surface area contributed by atoms with Crippen molar-refractivity contribution in [2.45, 2.75) is 86.7 Å². The molecular formula is C17H38N2O2. The van der Waals surface area contributed by atoms with Crippen LogP contribution >= 0.6 is 0 Å². The van der Waals surface area contributed by atoms with Gasteiger partial charge in [0.15, 0.2) is 0 Å². The van der Waals surface area contributed by atoms with Crippen molar-refractivity contribution < 1.29 is 9.59 Å². The van der Waals surface area contributed by atoms with Gasteiger partial charge >= 0.3 is 0 Å². The minimum absolute atomic E-state index is 0.137. The van der Waals surface area contributed by atoms with Crippen LogP contribution in [0.25, 0.3) is 0 Å². The summed E-state index contributed by atoms with van der Waals surface area (Å²) in [7, 11) is 0. The molecule has 2 N–H and O–H groups in total. The maximum Gasteiger partial charge on any atom is 0.210 e. The number of hydrogen-bond acceptors (Lipinski definition) is 3. The van der Waals surface area contributed by atoms with E-state index in [4.69, 9.17) is 5.73 Å². The van der Waals surface area contributed by atoms with Crippen LogP contribution in [0.2, 0.25) is 0 Å². The summed E-state index contributed by atoms with van der Waals surface area (Å²) >= 11 is 0. The van der Waals surface area contributed by atoms with Crippen LogP contribution in [0, 0.1) is 5.41 Å². The number of aldehydes is 1. The van der Waals surface area contributed by atoms with E-state index in [0.717, 1.165) is 32.1 Å². The Morgan fingerprint density at radius 3 is 1.81 bits per heavy atom. The monoisotopic (exact) mass is 302 g/mol. The summed E-state index contributed by atoms with van der Waals surface area (Å²) in [4.78, 5) is 21.9. The second kappa shape index (κ2) is 15.5. The number of nitrogens with two attached hydrogens (primary N) is 1. The number of nitrogens with zero attached hydrogens (tertiary/aromatic N) is 1. The SMILES string of the molecule is CC.CC(N)C(C)(C)C.CCC.O=CC1CCCN1C=O. The number of hydrogen-bond donors (Lipinski definition) is 1. The Kier molecular flexibility index (Phi) is 18.5. The molecule has 0 radical (unpaired) electrons. The summed E-state index contributed by atoms with van der Waals surface area (Å²) in [6.45, 7) is 17.4. The zero-order chi connectivity index (χ0) is 17.5. The Morgan fingerprint density at radius 2 is 1.62 bits per heavy atom. The molecule has 1 saturated heterocycles. The van der Waals surface area contributed by atoms with E-state index in [-0.39, 0.29) is 11.5 Å². The van der Waals surface area contributed by atoms with Crippen LogP contribution in [0.4, 0.5) is 0 Å². The predicted molar refractivity (Wildman–Crippen MR) is 92.3 cm³/mol. The first-order chi connectivity index (χ1) is 9.74. The molecule has 128 valence electrons. The molecule has 1 aliphatic heterocycles. The first-order valence-corrected chi connectivity index (χ1v) is 8.16.